The molecule has 0 aliphatic carbocycles. The van der Waals surface area contributed by atoms with Crippen LogP contribution in [-0.2, 0) is 9.53 Å². The number of likely N-dealkylation sites (tertiary alicyclic amines) is 1. The van der Waals surface area contributed by atoms with Crippen LogP contribution in [0, 0.1) is 5.92 Å². The fourth-order valence-electron chi connectivity index (χ4n) is 1.88. The smallest absolute Gasteiger partial charge is 0.391 e. The van der Waals surface area contributed by atoms with Crippen LogP contribution in [0.15, 0.2) is 0 Å². The van der Waals surface area contributed by atoms with Gasteiger partial charge in [-0.2, -0.15) is 13.2 Å². The number of amides is 2. The van der Waals surface area contributed by atoms with Crippen LogP contribution in [0.5, 0.6) is 0 Å². The fraction of sp³-hybridized carbons (Fsp3) is 0.818. The molecule has 110 valence electrons. The van der Waals surface area contributed by atoms with E-state index in [1.807, 2.05) is 0 Å². The Balaban J connectivity index is 2.31. The molecule has 1 rings (SSSR count). The van der Waals surface area contributed by atoms with Gasteiger partial charge in [0.2, 0.25) is 0 Å². The van der Waals surface area contributed by atoms with Crippen molar-refractivity contribution in [2.24, 2.45) is 5.92 Å². The van der Waals surface area contributed by atoms with Gasteiger partial charge in [0.15, 0.2) is 0 Å². The summed E-state index contributed by atoms with van der Waals surface area (Å²) in [6.07, 6.45) is -4.40. The molecule has 1 saturated heterocycles. The molecule has 0 aromatic carbocycles. The minimum Gasteiger partial charge on any atom is -0.465 e. The molecule has 0 radical (unpaired) electrons. The van der Waals surface area contributed by atoms with Gasteiger partial charge in [0.25, 0.3) is 0 Å². The first kappa shape index (κ1) is 15.6. The van der Waals surface area contributed by atoms with Gasteiger partial charge in [0.1, 0.15) is 6.54 Å². The number of halogens is 3. The largest absolute Gasteiger partial charge is 0.465 e. The van der Waals surface area contributed by atoms with Crippen LogP contribution in [0.2, 0.25) is 0 Å². The predicted octanol–water partition coefficient (Wildman–Crippen LogP) is 1.53. The lowest BCUT2D eigenvalue weighted by Gasteiger charge is -2.32. The molecule has 8 heteroatoms. The van der Waals surface area contributed by atoms with E-state index < -0.39 is 24.1 Å². The molecule has 0 aromatic rings. The Hall–Kier alpha value is -1.47. The van der Waals surface area contributed by atoms with E-state index in [0.717, 1.165) is 0 Å². The summed E-state index contributed by atoms with van der Waals surface area (Å²) < 4.78 is 41.9. The number of esters is 1. The van der Waals surface area contributed by atoms with Crippen LogP contribution in [-0.4, -0.2) is 49.3 Å². The Morgan fingerprint density at radius 2 is 1.89 bits per heavy atom. The number of alkyl halides is 3. The maximum absolute atomic E-state index is 12.4. The molecular weight excluding hydrogens is 265 g/mol. The maximum atomic E-state index is 12.4. The van der Waals surface area contributed by atoms with Gasteiger partial charge in [0, 0.05) is 13.1 Å². The van der Waals surface area contributed by atoms with Gasteiger partial charge in [-0.3, -0.25) is 4.79 Å². The van der Waals surface area contributed by atoms with Crippen molar-refractivity contribution in [2.45, 2.75) is 25.9 Å². The Kier molecular flexibility index (Phi) is 5.44. The van der Waals surface area contributed by atoms with Crippen molar-refractivity contribution < 1.29 is 27.5 Å². The van der Waals surface area contributed by atoms with E-state index in [1.54, 1.807) is 6.92 Å². The molecular formula is C11H17F3N2O3. The summed E-state index contributed by atoms with van der Waals surface area (Å²) in [5.74, 6) is -1.91. The Morgan fingerprint density at radius 3 is 2.37 bits per heavy atom. The monoisotopic (exact) mass is 282 g/mol. The summed E-state index contributed by atoms with van der Waals surface area (Å²) in [5, 5.41) is 2.32. The number of nitrogens with zero attached hydrogens (tertiary/aromatic N) is 1. The molecule has 0 atom stereocenters. The third-order valence-electron chi connectivity index (χ3n) is 2.93. The summed E-state index contributed by atoms with van der Waals surface area (Å²) in [4.78, 5) is 23.9. The van der Waals surface area contributed by atoms with Crippen LogP contribution in [0.3, 0.4) is 0 Å². The zero-order valence-corrected chi connectivity index (χ0v) is 10.6. The summed E-state index contributed by atoms with van der Waals surface area (Å²) >= 11 is 0. The number of piperidine rings is 1. The van der Waals surface area contributed by atoms with E-state index in [0.29, 0.717) is 0 Å². The van der Waals surface area contributed by atoms with E-state index in [4.69, 9.17) is 0 Å². The van der Waals surface area contributed by atoms with Gasteiger partial charge >= 0.3 is 18.2 Å². The average Bonchev–Trinajstić information content (AvgIpc) is 2.35. The van der Waals surface area contributed by atoms with Gasteiger partial charge in [-0.25, -0.2) is 4.79 Å². The van der Waals surface area contributed by atoms with Gasteiger partial charge in [0.05, 0.1) is 12.5 Å². The SMILES string of the molecule is CCOC(=O)CNC(=O)N1CCC(C(F)(F)F)CC1. The Morgan fingerprint density at radius 1 is 1.32 bits per heavy atom. The molecule has 0 bridgehead atoms. The first-order chi connectivity index (χ1) is 8.84. The summed E-state index contributed by atoms with van der Waals surface area (Å²) in [5.41, 5.74) is 0. The van der Waals surface area contributed by atoms with Gasteiger partial charge < -0.3 is 15.0 Å². The van der Waals surface area contributed by atoms with Gasteiger partial charge in [-0.05, 0) is 19.8 Å². The maximum Gasteiger partial charge on any atom is 0.391 e. The highest BCUT2D eigenvalue weighted by Gasteiger charge is 2.41. The first-order valence-electron chi connectivity index (χ1n) is 6.09. The lowest BCUT2D eigenvalue weighted by Crippen LogP contribution is -2.47. The fourth-order valence-corrected chi connectivity index (χ4v) is 1.88. The number of ether oxygens (including phenoxy) is 1. The van der Waals surface area contributed by atoms with Crippen molar-refractivity contribution in [3.8, 4) is 0 Å². The molecule has 1 heterocycles. The molecule has 0 saturated carbocycles. The average molecular weight is 282 g/mol. The molecule has 2 amide bonds. The molecule has 0 spiro atoms. The molecule has 5 nitrogen and oxygen atoms in total. The number of nitrogens with one attached hydrogen (secondary N) is 1. The third-order valence-corrected chi connectivity index (χ3v) is 2.93. The van der Waals surface area contributed by atoms with E-state index >= 15 is 0 Å². The Labute approximate surface area is 109 Å². The predicted molar refractivity (Wildman–Crippen MR) is 60.4 cm³/mol. The molecule has 0 aromatic heterocycles. The molecule has 0 unspecified atom stereocenters. The number of urea groups is 1. The highest BCUT2D eigenvalue weighted by Crippen LogP contribution is 2.33. The topological polar surface area (TPSA) is 58.6 Å². The third kappa shape index (κ3) is 4.96. The molecule has 1 fully saturated rings. The second-order valence-corrected chi connectivity index (χ2v) is 4.27. The molecule has 1 N–H and O–H groups in total. The number of rotatable bonds is 3. The molecule has 1 aliphatic rings. The van der Waals surface area contributed by atoms with Crippen molar-refractivity contribution in [1.82, 2.24) is 10.2 Å². The van der Waals surface area contributed by atoms with Crippen LogP contribution >= 0.6 is 0 Å². The second-order valence-electron chi connectivity index (χ2n) is 4.27. The van der Waals surface area contributed by atoms with E-state index in [-0.39, 0.29) is 39.1 Å². The number of hydrogen-bond donors (Lipinski definition) is 1. The van der Waals surface area contributed by atoms with E-state index in [2.05, 4.69) is 10.1 Å². The van der Waals surface area contributed by atoms with Crippen molar-refractivity contribution >= 4 is 12.0 Å². The van der Waals surface area contributed by atoms with E-state index in [1.165, 1.54) is 4.90 Å². The normalized spacial score (nSPS) is 17.2. The van der Waals surface area contributed by atoms with Crippen LogP contribution in [0.1, 0.15) is 19.8 Å². The van der Waals surface area contributed by atoms with Gasteiger partial charge in [-0.1, -0.05) is 0 Å². The standard InChI is InChI=1S/C11H17F3N2O3/c1-2-19-9(17)7-15-10(18)16-5-3-8(4-6-16)11(12,13)14/h8H,2-7H2,1H3,(H,15,18). The van der Waals surface area contributed by atoms with E-state index in [9.17, 15) is 22.8 Å². The second kappa shape index (κ2) is 6.63. The first-order valence-corrected chi connectivity index (χ1v) is 6.09. The summed E-state index contributed by atoms with van der Waals surface area (Å²) in [7, 11) is 0. The van der Waals surface area contributed by atoms with Gasteiger partial charge in [-0.15, -0.1) is 0 Å². The quantitative estimate of drug-likeness (QED) is 0.799. The molecule has 19 heavy (non-hydrogen) atoms. The van der Waals surface area contributed by atoms with Crippen molar-refractivity contribution in [3.05, 3.63) is 0 Å². The van der Waals surface area contributed by atoms with Crippen molar-refractivity contribution in [1.29, 1.82) is 0 Å². The number of hydrogen-bond acceptors (Lipinski definition) is 3. The number of carbonyl (C=O) groups excluding carboxylic acids is 2. The summed E-state index contributed by atoms with van der Waals surface area (Å²) in [6.45, 7) is 1.66. The highest BCUT2D eigenvalue weighted by molar-refractivity contribution is 5.80. The minimum atomic E-state index is -4.20. The van der Waals surface area contributed by atoms with Crippen LogP contribution in [0.4, 0.5) is 18.0 Å². The Bertz CT molecular complexity index is 326. The lowest BCUT2D eigenvalue weighted by atomic mass is 9.96. The van der Waals surface area contributed by atoms with Crippen LogP contribution in [0.25, 0.3) is 0 Å². The van der Waals surface area contributed by atoms with Crippen molar-refractivity contribution in [3.63, 3.8) is 0 Å². The number of carbonyl (C=O) groups is 2. The zero-order chi connectivity index (χ0) is 14.5. The highest BCUT2D eigenvalue weighted by atomic mass is 19.4. The molecule has 1 aliphatic heterocycles. The van der Waals surface area contributed by atoms with Crippen LogP contribution < -0.4 is 5.32 Å². The minimum absolute atomic E-state index is 0.0405. The van der Waals surface area contributed by atoms with Crippen molar-refractivity contribution in [2.75, 3.05) is 26.2 Å². The summed E-state index contributed by atoms with van der Waals surface area (Å²) in [6, 6.07) is -0.534. The lowest BCUT2D eigenvalue weighted by molar-refractivity contribution is -0.183. The zero-order valence-electron chi connectivity index (χ0n) is 10.6.